The van der Waals surface area contributed by atoms with Crippen LogP contribution < -0.4 is 0 Å². The molecule has 6 heteroatoms. The molecule has 3 atom stereocenters. The number of carbonyl (C=O) groups is 2. The van der Waals surface area contributed by atoms with E-state index < -0.39 is 5.97 Å². The lowest BCUT2D eigenvalue weighted by molar-refractivity contribution is -0.142. The molecule has 1 N–H and O–H groups in total. The first-order valence-corrected chi connectivity index (χ1v) is 8.19. The minimum absolute atomic E-state index is 0.0681. The van der Waals surface area contributed by atoms with Crippen LogP contribution >= 0.6 is 0 Å². The molecule has 4 fully saturated rings. The number of carboxylic acid groups (broad SMARTS) is 1. The predicted octanol–water partition coefficient (Wildman–Crippen LogP) is 0.824. The summed E-state index contributed by atoms with van der Waals surface area (Å²) in [7, 11) is 0. The maximum Gasteiger partial charge on any atom is 0.320 e. The van der Waals surface area contributed by atoms with Gasteiger partial charge in [-0.3, -0.25) is 9.69 Å². The van der Waals surface area contributed by atoms with Gasteiger partial charge in [-0.1, -0.05) is 0 Å². The number of hydrogen-bond acceptors (Lipinski definition) is 3. The number of piperazine rings is 1. The maximum absolute atomic E-state index is 12.8. The molecule has 0 radical (unpaired) electrons. The highest BCUT2D eigenvalue weighted by Gasteiger charge is 2.52. The van der Waals surface area contributed by atoms with Gasteiger partial charge in [-0.25, -0.2) is 4.79 Å². The second-order valence-electron chi connectivity index (χ2n) is 6.92. The minimum atomic E-state index is -0.737. The third-order valence-electron chi connectivity index (χ3n) is 5.72. The third-order valence-corrected chi connectivity index (χ3v) is 5.72. The van der Waals surface area contributed by atoms with Crippen LogP contribution in [-0.2, 0) is 4.79 Å². The van der Waals surface area contributed by atoms with Crippen molar-refractivity contribution in [2.24, 2.45) is 5.92 Å². The number of carbonyl (C=O) groups excluding carboxylic acids is 1. The van der Waals surface area contributed by atoms with E-state index in [4.69, 9.17) is 0 Å². The standard InChI is InChI=1S/C15H23N3O3/c19-14(20)12-9-11-3-4-13(12)18(11)15(21)17-7-5-16(6-8-17)10-1-2-10/h10-13H,1-9H2,(H,19,20). The fourth-order valence-corrected chi connectivity index (χ4v) is 4.43. The molecular formula is C15H23N3O3. The van der Waals surface area contributed by atoms with Crippen molar-refractivity contribution in [3.05, 3.63) is 0 Å². The predicted molar refractivity (Wildman–Crippen MR) is 76.0 cm³/mol. The van der Waals surface area contributed by atoms with E-state index in [1.807, 2.05) is 9.80 Å². The zero-order valence-corrected chi connectivity index (χ0v) is 12.3. The van der Waals surface area contributed by atoms with Crippen LogP contribution in [0.15, 0.2) is 0 Å². The summed E-state index contributed by atoms with van der Waals surface area (Å²) in [5, 5.41) is 9.29. The Hall–Kier alpha value is -1.30. The molecule has 0 spiro atoms. The molecule has 116 valence electrons. The summed E-state index contributed by atoms with van der Waals surface area (Å²) in [6.45, 7) is 3.54. The first-order chi connectivity index (χ1) is 10.1. The van der Waals surface area contributed by atoms with Crippen LogP contribution in [0, 0.1) is 5.92 Å². The largest absolute Gasteiger partial charge is 0.481 e. The van der Waals surface area contributed by atoms with Crippen LogP contribution in [0.4, 0.5) is 4.79 Å². The molecule has 1 aliphatic carbocycles. The minimum Gasteiger partial charge on any atom is -0.481 e. The van der Waals surface area contributed by atoms with E-state index in [1.165, 1.54) is 12.8 Å². The summed E-state index contributed by atoms with van der Waals surface area (Å²) in [6.07, 6.45) is 5.10. The van der Waals surface area contributed by atoms with E-state index in [9.17, 15) is 14.7 Å². The number of aliphatic carboxylic acids is 1. The average Bonchev–Trinajstić information content (AvgIpc) is 3.19. The van der Waals surface area contributed by atoms with Crippen molar-refractivity contribution in [1.82, 2.24) is 14.7 Å². The molecule has 4 aliphatic rings. The quantitative estimate of drug-likeness (QED) is 0.819. The van der Waals surface area contributed by atoms with E-state index in [0.29, 0.717) is 6.42 Å². The number of urea groups is 1. The van der Waals surface area contributed by atoms with E-state index in [1.54, 1.807) is 0 Å². The SMILES string of the molecule is O=C(O)C1CC2CCC1N2C(=O)N1CCN(C2CC2)CC1. The van der Waals surface area contributed by atoms with Crippen molar-refractivity contribution in [3.8, 4) is 0 Å². The van der Waals surface area contributed by atoms with Gasteiger partial charge in [0.15, 0.2) is 0 Å². The zero-order chi connectivity index (χ0) is 14.6. The smallest absolute Gasteiger partial charge is 0.320 e. The Bertz CT molecular complexity index is 457. The summed E-state index contributed by atoms with van der Waals surface area (Å²) in [5.74, 6) is -1.08. The highest BCUT2D eigenvalue weighted by molar-refractivity contribution is 5.79. The van der Waals surface area contributed by atoms with Gasteiger partial charge in [0.2, 0.25) is 0 Å². The highest BCUT2D eigenvalue weighted by atomic mass is 16.4. The van der Waals surface area contributed by atoms with Gasteiger partial charge >= 0.3 is 12.0 Å². The molecule has 0 aromatic carbocycles. The Labute approximate surface area is 124 Å². The van der Waals surface area contributed by atoms with Crippen molar-refractivity contribution in [2.75, 3.05) is 26.2 Å². The lowest BCUT2D eigenvalue weighted by atomic mass is 9.89. The number of amides is 2. The first-order valence-electron chi connectivity index (χ1n) is 8.19. The van der Waals surface area contributed by atoms with Gasteiger partial charge in [0.25, 0.3) is 0 Å². The molecule has 2 amide bonds. The van der Waals surface area contributed by atoms with Crippen LogP contribution in [0.3, 0.4) is 0 Å². The highest BCUT2D eigenvalue weighted by Crippen LogP contribution is 2.42. The van der Waals surface area contributed by atoms with Gasteiger partial charge in [0, 0.05) is 44.3 Å². The molecule has 3 heterocycles. The summed E-state index contributed by atoms with van der Waals surface area (Å²) in [5.41, 5.74) is 0. The van der Waals surface area contributed by atoms with Gasteiger partial charge in [0.1, 0.15) is 0 Å². The Balaban J connectivity index is 1.40. The molecule has 0 aromatic rings. The van der Waals surface area contributed by atoms with Gasteiger partial charge in [0.05, 0.1) is 5.92 Å². The molecule has 1 saturated carbocycles. The molecule has 3 unspecified atom stereocenters. The summed E-state index contributed by atoms with van der Waals surface area (Å²) in [6, 6.07) is 0.940. The van der Waals surface area contributed by atoms with E-state index in [0.717, 1.165) is 45.1 Å². The normalized spacial score (nSPS) is 36.3. The van der Waals surface area contributed by atoms with Crippen molar-refractivity contribution in [2.45, 2.75) is 50.2 Å². The average molecular weight is 293 g/mol. The van der Waals surface area contributed by atoms with Crippen molar-refractivity contribution in [1.29, 1.82) is 0 Å². The monoisotopic (exact) mass is 293 g/mol. The Kier molecular flexibility index (Phi) is 3.10. The van der Waals surface area contributed by atoms with Crippen LogP contribution in [0.2, 0.25) is 0 Å². The summed E-state index contributed by atoms with van der Waals surface area (Å²) >= 11 is 0. The number of carboxylic acids is 1. The summed E-state index contributed by atoms with van der Waals surface area (Å²) < 4.78 is 0. The number of fused-ring (bicyclic) bond motifs is 2. The van der Waals surface area contributed by atoms with Crippen LogP contribution in [0.1, 0.15) is 32.1 Å². The lowest BCUT2D eigenvalue weighted by Gasteiger charge is -2.38. The van der Waals surface area contributed by atoms with Crippen LogP contribution in [0.25, 0.3) is 0 Å². The lowest BCUT2D eigenvalue weighted by Crippen LogP contribution is -2.54. The van der Waals surface area contributed by atoms with Crippen molar-refractivity contribution < 1.29 is 14.7 Å². The Morgan fingerprint density at radius 1 is 0.905 bits per heavy atom. The number of nitrogens with zero attached hydrogens (tertiary/aromatic N) is 3. The van der Waals surface area contributed by atoms with Gasteiger partial charge in [-0.05, 0) is 32.1 Å². The Morgan fingerprint density at radius 2 is 1.57 bits per heavy atom. The van der Waals surface area contributed by atoms with Crippen LogP contribution in [0.5, 0.6) is 0 Å². The Morgan fingerprint density at radius 3 is 2.14 bits per heavy atom. The van der Waals surface area contributed by atoms with Gasteiger partial charge in [-0.2, -0.15) is 0 Å². The molecule has 3 saturated heterocycles. The van der Waals surface area contributed by atoms with Crippen molar-refractivity contribution in [3.63, 3.8) is 0 Å². The molecule has 0 aromatic heterocycles. The van der Waals surface area contributed by atoms with E-state index in [-0.39, 0.29) is 24.0 Å². The topological polar surface area (TPSA) is 64.1 Å². The third kappa shape index (κ3) is 2.20. The second kappa shape index (κ2) is 4.87. The van der Waals surface area contributed by atoms with Crippen LogP contribution in [-0.4, -0.2) is 76.1 Å². The molecule has 21 heavy (non-hydrogen) atoms. The fourth-order valence-electron chi connectivity index (χ4n) is 4.43. The van der Waals surface area contributed by atoms with E-state index in [2.05, 4.69) is 4.90 Å². The molecule has 6 nitrogen and oxygen atoms in total. The zero-order valence-electron chi connectivity index (χ0n) is 12.3. The molecule has 3 aliphatic heterocycles. The van der Waals surface area contributed by atoms with Gasteiger partial charge in [-0.15, -0.1) is 0 Å². The summed E-state index contributed by atoms with van der Waals surface area (Å²) in [4.78, 5) is 30.4. The van der Waals surface area contributed by atoms with E-state index >= 15 is 0 Å². The number of rotatable bonds is 2. The molecular weight excluding hydrogens is 270 g/mol. The molecule has 2 bridgehead atoms. The number of hydrogen-bond donors (Lipinski definition) is 1. The fraction of sp³-hybridized carbons (Fsp3) is 0.867. The van der Waals surface area contributed by atoms with Gasteiger partial charge < -0.3 is 14.9 Å². The maximum atomic E-state index is 12.8. The van der Waals surface area contributed by atoms with Crippen molar-refractivity contribution >= 4 is 12.0 Å². The molecule has 4 rings (SSSR count). The first kappa shape index (κ1) is 13.4. The second-order valence-corrected chi connectivity index (χ2v) is 6.92.